The van der Waals surface area contributed by atoms with Gasteiger partial charge in [-0.25, -0.2) is 18.9 Å². The zero-order chi connectivity index (χ0) is 27.5. The molecule has 2 aliphatic rings. The number of nitrogens with zero attached hydrogens (tertiary/aromatic N) is 4. The molecule has 210 valence electrons. The van der Waals surface area contributed by atoms with Crippen molar-refractivity contribution in [1.82, 2.24) is 14.8 Å². The molecule has 2 fully saturated rings. The number of fused-ring (bicyclic) bond motifs is 1. The zero-order valence-electron chi connectivity index (χ0n) is 22.1. The lowest BCUT2D eigenvalue weighted by atomic mass is 9.95. The van der Waals surface area contributed by atoms with Gasteiger partial charge in [-0.05, 0) is 55.7 Å². The van der Waals surface area contributed by atoms with Crippen LogP contribution in [-0.2, 0) is 14.8 Å². The number of aromatic nitrogens is 1. The molecule has 2 N–H and O–H groups in total. The standard InChI is InChI=1S/C27H35N5O5S2/c1-2-3-20-37-22-10-8-21(9-11-22)30-16-18-32(19-17-30)39(35,36)27(25(33)29-34)12-14-31(15-13-27)26-28-23-6-4-5-7-24(23)38-26/h4-11,34H,2-3,12-20H2,1H3,(H,29,33). The number of ether oxygens (including phenoxy) is 1. The maximum atomic E-state index is 13.9. The molecule has 2 saturated heterocycles. The molecule has 2 aliphatic heterocycles. The maximum absolute atomic E-state index is 13.9. The Morgan fingerprint density at radius 2 is 1.72 bits per heavy atom. The number of carbonyl (C=O) groups excluding carboxylic acids is 1. The Morgan fingerprint density at radius 1 is 1.03 bits per heavy atom. The molecule has 1 aromatic heterocycles. The first-order chi connectivity index (χ1) is 18.9. The highest BCUT2D eigenvalue weighted by Crippen LogP contribution is 2.38. The smallest absolute Gasteiger partial charge is 0.266 e. The van der Waals surface area contributed by atoms with E-state index < -0.39 is 20.7 Å². The fourth-order valence-corrected chi connectivity index (χ4v) is 8.41. The van der Waals surface area contributed by atoms with Crippen LogP contribution >= 0.6 is 11.3 Å². The van der Waals surface area contributed by atoms with Gasteiger partial charge in [0.1, 0.15) is 5.75 Å². The summed E-state index contributed by atoms with van der Waals surface area (Å²) in [7, 11) is -4.04. The summed E-state index contributed by atoms with van der Waals surface area (Å²) in [6, 6.07) is 15.7. The Morgan fingerprint density at radius 3 is 2.36 bits per heavy atom. The molecule has 1 amide bonds. The van der Waals surface area contributed by atoms with Crippen LogP contribution in [0.1, 0.15) is 32.6 Å². The van der Waals surface area contributed by atoms with Gasteiger partial charge in [0.2, 0.25) is 10.0 Å². The van der Waals surface area contributed by atoms with Crippen LogP contribution in [0.4, 0.5) is 10.8 Å². The molecular weight excluding hydrogens is 538 g/mol. The van der Waals surface area contributed by atoms with Gasteiger partial charge >= 0.3 is 0 Å². The topological polar surface area (TPSA) is 115 Å². The fourth-order valence-electron chi connectivity index (χ4n) is 5.28. The summed E-state index contributed by atoms with van der Waals surface area (Å²) in [5, 5.41) is 10.4. The van der Waals surface area contributed by atoms with Crippen LogP contribution in [0, 0.1) is 0 Å². The van der Waals surface area contributed by atoms with E-state index in [9.17, 15) is 18.4 Å². The predicted octanol–water partition coefficient (Wildman–Crippen LogP) is 3.47. The van der Waals surface area contributed by atoms with E-state index in [2.05, 4.69) is 16.8 Å². The van der Waals surface area contributed by atoms with Crippen LogP contribution in [0.25, 0.3) is 10.2 Å². The van der Waals surface area contributed by atoms with Gasteiger partial charge in [0.25, 0.3) is 5.91 Å². The SMILES string of the molecule is CCCCOc1ccc(N2CCN(S(=O)(=O)C3(C(=O)NO)CCN(c4nc5ccccc5s4)CC3)CC2)cc1. The average molecular weight is 574 g/mol. The van der Waals surface area contributed by atoms with Crippen molar-refractivity contribution in [2.75, 3.05) is 55.7 Å². The number of hydroxylamine groups is 1. The van der Waals surface area contributed by atoms with Crippen LogP contribution < -0.4 is 20.0 Å². The molecule has 3 aromatic rings. The highest BCUT2D eigenvalue weighted by Gasteiger charge is 2.55. The largest absolute Gasteiger partial charge is 0.494 e. The Labute approximate surface area is 233 Å². The van der Waals surface area contributed by atoms with E-state index in [1.807, 2.05) is 53.4 Å². The summed E-state index contributed by atoms with van der Waals surface area (Å²) in [6.07, 6.45) is 2.22. The predicted molar refractivity (Wildman–Crippen MR) is 153 cm³/mol. The second-order valence-electron chi connectivity index (χ2n) is 9.97. The molecule has 5 rings (SSSR count). The molecule has 3 heterocycles. The number of thiazole rings is 1. The van der Waals surface area contributed by atoms with E-state index in [-0.39, 0.29) is 25.9 Å². The number of piperazine rings is 1. The van der Waals surface area contributed by atoms with Crippen molar-refractivity contribution >= 4 is 48.3 Å². The molecule has 0 aliphatic carbocycles. The van der Waals surface area contributed by atoms with Crippen LogP contribution in [-0.4, -0.2) is 79.4 Å². The Balaban J connectivity index is 1.25. The van der Waals surface area contributed by atoms with Crippen LogP contribution in [0.3, 0.4) is 0 Å². The molecule has 0 unspecified atom stereocenters. The number of hydrogen-bond donors (Lipinski definition) is 2. The number of hydrogen-bond acceptors (Lipinski definition) is 9. The number of carbonyl (C=O) groups is 1. The van der Waals surface area contributed by atoms with Crippen molar-refractivity contribution in [3.63, 3.8) is 0 Å². The van der Waals surface area contributed by atoms with Gasteiger partial charge in [0.05, 0.1) is 16.8 Å². The molecule has 0 spiro atoms. The first-order valence-corrected chi connectivity index (χ1v) is 15.7. The number of unbranched alkanes of at least 4 members (excludes halogenated alkanes) is 1. The average Bonchev–Trinajstić information content (AvgIpc) is 3.42. The molecule has 39 heavy (non-hydrogen) atoms. The highest BCUT2D eigenvalue weighted by atomic mass is 32.2. The molecule has 10 nitrogen and oxygen atoms in total. The molecule has 0 atom stereocenters. The van der Waals surface area contributed by atoms with E-state index in [1.165, 1.54) is 4.31 Å². The van der Waals surface area contributed by atoms with Crippen LogP contribution in [0.2, 0.25) is 0 Å². The van der Waals surface area contributed by atoms with Gasteiger partial charge < -0.3 is 14.5 Å². The van der Waals surface area contributed by atoms with Crippen molar-refractivity contribution in [2.24, 2.45) is 0 Å². The van der Waals surface area contributed by atoms with Crippen molar-refractivity contribution in [3.05, 3.63) is 48.5 Å². The Hall–Kier alpha value is -2.93. The molecular formula is C27H35N5O5S2. The summed E-state index contributed by atoms with van der Waals surface area (Å²) >= 11 is 1.55. The fraction of sp³-hybridized carbons (Fsp3) is 0.481. The summed E-state index contributed by atoms with van der Waals surface area (Å²) in [5.74, 6) is -0.0462. The number of anilines is 2. The van der Waals surface area contributed by atoms with Crippen molar-refractivity contribution in [3.8, 4) is 5.75 Å². The third-order valence-corrected chi connectivity index (χ3v) is 11.4. The lowest BCUT2D eigenvalue weighted by molar-refractivity contribution is -0.132. The monoisotopic (exact) mass is 573 g/mol. The van der Waals surface area contributed by atoms with Gasteiger partial charge in [0, 0.05) is 45.0 Å². The first-order valence-electron chi connectivity index (χ1n) is 13.4. The van der Waals surface area contributed by atoms with Crippen LogP contribution in [0.15, 0.2) is 48.5 Å². The maximum Gasteiger partial charge on any atom is 0.266 e. The van der Waals surface area contributed by atoms with E-state index in [1.54, 1.807) is 16.8 Å². The van der Waals surface area contributed by atoms with Crippen molar-refractivity contribution in [2.45, 2.75) is 37.4 Å². The van der Waals surface area contributed by atoms with Crippen molar-refractivity contribution < 1.29 is 23.2 Å². The first kappa shape index (κ1) is 27.6. The second kappa shape index (κ2) is 11.7. The van der Waals surface area contributed by atoms with Gasteiger partial charge in [-0.2, -0.15) is 4.31 Å². The summed E-state index contributed by atoms with van der Waals surface area (Å²) < 4.78 is 34.4. The van der Waals surface area contributed by atoms with Gasteiger partial charge in [-0.1, -0.05) is 36.8 Å². The molecule has 12 heteroatoms. The zero-order valence-corrected chi connectivity index (χ0v) is 23.7. The van der Waals surface area contributed by atoms with E-state index in [4.69, 9.17) is 4.74 Å². The number of benzene rings is 2. The lowest BCUT2D eigenvalue weighted by Gasteiger charge is -2.44. The minimum Gasteiger partial charge on any atom is -0.494 e. The van der Waals surface area contributed by atoms with E-state index in [0.717, 1.165) is 39.6 Å². The normalized spacial score (nSPS) is 18.3. The molecule has 0 radical (unpaired) electrons. The van der Waals surface area contributed by atoms with Crippen molar-refractivity contribution in [1.29, 1.82) is 0 Å². The molecule has 0 saturated carbocycles. The minimum atomic E-state index is -4.04. The Kier molecular flexibility index (Phi) is 8.27. The summed E-state index contributed by atoms with van der Waals surface area (Å²) in [5.41, 5.74) is 3.55. The highest BCUT2D eigenvalue weighted by molar-refractivity contribution is 7.91. The van der Waals surface area contributed by atoms with Gasteiger partial charge in [-0.15, -0.1) is 0 Å². The number of piperidine rings is 1. The summed E-state index contributed by atoms with van der Waals surface area (Å²) in [6.45, 7) is 5.04. The van der Waals surface area contributed by atoms with Gasteiger partial charge in [0.15, 0.2) is 9.88 Å². The lowest BCUT2D eigenvalue weighted by Crippen LogP contribution is -2.63. The molecule has 2 aromatic carbocycles. The van der Waals surface area contributed by atoms with Gasteiger partial charge in [-0.3, -0.25) is 10.0 Å². The number of rotatable bonds is 9. The quantitative estimate of drug-likeness (QED) is 0.227. The Bertz CT molecular complexity index is 1350. The number of nitrogens with one attached hydrogen (secondary N) is 1. The summed E-state index contributed by atoms with van der Waals surface area (Å²) in [4.78, 5) is 21.8. The van der Waals surface area contributed by atoms with Crippen LogP contribution in [0.5, 0.6) is 5.75 Å². The minimum absolute atomic E-state index is 0.0668. The number of sulfonamides is 1. The third-order valence-electron chi connectivity index (χ3n) is 7.68. The number of para-hydroxylation sites is 1. The number of amides is 1. The third kappa shape index (κ3) is 5.43. The van der Waals surface area contributed by atoms with E-state index in [0.29, 0.717) is 32.8 Å². The van der Waals surface area contributed by atoms with E-state index >= 15 is 0 Å². The molecule has 0 bridgehead atoms. The second-order valence-corrected chi connectivity index (χ2v) is 13.2.